The quantitative estimate of drug-likeness (QED) is 0.670. The number of halogens is 1. The fourth-order valence-electron chi connectivity index (χ4n) is 1.58. The number of nitrogens with zero attached hydrogens (tertiary/aromatic N) is 1. The highest BCUT2D eigenvalue weighted by atomic mass is 35.5. The predicted molar refractivity (Wildman–Crippen MR) is 68.9 cm³/mol. The highest BCUT2D eigenvalue weighted by Gasteiger charge is 2.13. The van der Waals surface area contributed by atoms with E-state index in [0.29, 0.717) is 10.7 Å². The Hall–Kier alpha value is -2.01. The summed E-state index contributed by atoms with van der Waals surface area (Å²) in [5.41, 5.74) is 0.599. The van der Waals surface area contributed by atoms with Gasteiger partial charge in [0, 0.05) is 12.1 Å². The summed E-state index contributed by atoms with van der Waals surface area (Å²) in [5.74, 6) is 0.768. The molecule has 0 bridgehead atoms. The van der Waals surface area contributed by atoms with Gasteiger partial charge >= 0.3 is 0 Å². The van der Waals surface area contributed by atoms with Gasteiger partial charge in [-0.25, -0.2) is 0 Å². The third-order valence-electron chi connectivity index (χ3n) is 2.51. The van der Waals surface area contributed by atoms with E-state index in [-0.39, 0.29) is 11.7 Å². The topological polar surface area (TPSA) is 68.3 Å². The van der Waals surface area contributed by atoms with Gasteiger partial charge in [0.25, 0.3) is 5.69 Å². The van der Waals surface area contributed by atoms with E-state index in [4.69, 9.17) is 16.0 Å². The Kier molecular flexibility index (Phi) is 3.53. The largest absolute Gasteiger partial charge is 0.467 e. The highest BCUT2D eigenvalue weighted by Crippen LogP contribution is 2.29. The molecule has 0 aliphatic rings. The molecule has 0 aliphatic heterocycles. The molecule has 1 aromatic heterocycles. The molecule has 0 aliphatic carbocycles. The van der Waals surface area contributed by atoms with Gasteiger partial charge < -0.3 is 9.73 Å². The molecule has 6 heteroatoms. The minimum absolute atomic E-state index is 0.0313. The minimum Gasteiger partial charge on any atom is -0.467 e. The van der Waals surface area contributed by atoms with Crippen LogP contribution in [0.2, 0.25) is 5.02 Å². The van der Waals surface area contributed by atoms with Crippen molar-refractivity contribution in [1.29, 1.82) is 0 Å². The monoisotopic (exact) mass is 266 g/mol. The Morgan fingerprint density at radius 2 is 2.22 bits per heavy atom. The molecule has 5 nitrogen and oxygen atoms in total. The van der Waals surface area contributed by atoms with E-state index in [9.17, 15) is 10.1 Å². The number of nitro benzene ring substituents is 1. The van der Waals surface area contributed by atoms with Gasteiger partial charge in [0.2, 0.25) is 0 Å². The number of furan rings is 1. The van der Waals surface area contributed by atoms with E-state index in [0.717, 1.165) is 5.76 Å². The number of hydrogen-bond acceptors (Lipinski definition) is 4. The summed E-state index contributed by atoms with van der Waals surface area (Å²) >= 11 is 5.98. The lowest BCUT2D eigenvalue weighted by Crippen LogP contribution is -2.06. The molecule has 0 amide bonds. The average Bonchev–Trinajstić information content (AvgIpc) is 2.85. The lowest BCUT2D eigenvalue weighted by Gasteiger charge is -2.13. The molecule has 1 N–H and O–H groups in total. The number of benzene rings is 1. The first-order chi connectivity index (χ1) is 8.58. The SMILES string of the molecule is C[C@@H](Nc1ccc([N+](=O)[O-])cc1Cl)c1ccco1. The van der Waals surface area contributed by atoms with Gasteiger partial charge in [-0.2, -0.15) is 0 Å². The van der Waals surface area contributed by atoms with Crippen LogP contribution in [0.25, 0.3) is 0 Å². The Labute approximate surface area is 109 Å². The molecule has 0 saturated heterocycles. The Morgan fingerprint density at radius 3 is 2.78 bits per heavy atom. The Balaban J connectivity index is 2.17. The third-order valence-corrected chi connectivity index (χ3v) is 2.82. The zero-order chi connectivity index (χ0) is 13.1. The second-order valence-electron chi connectivity index (χ2n) is 3.80. The molecule has 18 heavy (non-hydrogen) atoms. The molecule has 94 valence electrons. The van der Waals surface area contributed by atoms with Gasteiger partial charge in [0.1, 0.15) is 5.76 Å². The minimum atomic E-state index is -0.481. The first kappa shape index (κ1) is 12.4. The summed E-state index contributed by atoms with van der Waals surface area (Å²) in [4.78, 5) is 10.1. The summed E-state index contributed by atoms with van der Waals surface area (Å²) in [6.45, 7) is 1.91. The van der Waals surface area contributed by atoms with E-state index in [1.807, 2.05) is 13.0 Å². The first-order valence-electron chi connectivity index (χ1n) is 5.32. The predicted octanol–water partition coefficient (Wildman–Crippen LogP) is 4.01. The third kappa shape index (κ3) is 2.62. The smallest absolute Gasteiger partial charge is 0.271 e. The zero-order valence-electron chi connectivity index (χ0n) is 9.59. The second kappa shape index (κ2) is 5.10. The van der Waals surface area contributed by atoms with E-state index in [1.54, 1.807) is 18.4 Å². The van der Waals surface area contributed by atoms with Crippen molar-refractivity contribution in [1.82, 2.24) is 0 Å². The van der Waals surface area contributed by atoms with Crippen LogP contribution in [0.4, 0.5) is 11.4 Å². The fraction of sp³-hybridized carbons (Fsp3) is 0.167. The van der Waals surface area contributed by atoms with Crippen molar-refractivity contribution in [3.8, 4) is 0 Å². The van der Waals surface area contributed by atoms with Crippen molar-refractivity contribution in [3.05, 3.63) is 57.5 Å². The van der Waals surface area contributed by atoms with E-state index < -0.39 is 4.92 Å². The zero-order valence-corrected chi connectivity index (χ0v) is 10.3. The maximum absolute atomic E-state index is 10.6. The summed E-state index contributed by atoms with van der Waals surface area (Å²) in [5, 5.41) is 14.0. The van der Waals surface area contributed by atoms with Gasteiger partial charge in [-0.15, -0.1) is 0 Å². The van der Waals surface area contributed by atoms with Gasteiger partial charge in [-0.3, -0.25) is 10.1 Å². The van der Waals surface area contributed by atoms with E-state index >= 15 is 0 Å². The molecule has 1 aromatic carbocycles. The molecule has 0 saturated carbocycles. The second-order valence-corrected chi connectivity index (χ2v) is 4.21. The molecular weight excluding hydrogens is 256 g/mol. The van der Waals surface area contributed by atoms with Crippen molar-refractivity contribution in [2.45, 2.75) is 13.0 Å². The number of nitrogens with one attached hydrogen (secondary N) is 1. The number of nitro groups is 1. The standard InChI is InChI=1S/C12H11ClN2O3/c1-8(12-3-2-6-18-12)14-11-5-4-9(15(16)17)7-10(11)13/h2-8,14H,1H3/t8-/m1/s1. The summed E-state index contributed by atoms with van der Waals surface area (Å²) in [6, 6.07) is 7.88. The summed E-state index contributed by atoms with van der Waals surface area (Å²) in [7, 11) is 0. The molecule has 1 atom stereocenters. The van der Waals surface area contributed by atoms with Crippen molar-refractivity contribution < 1.29 is 9.34 Å². The fourth-order valence-corrected chi connectivity index (χ4v) is 1.81. The lowest BCUT2D eigenvalue weighted by molar-refractivity contribution is -0.384. The normalized spacial score (nSPS) is 12.1. The van der Waals surface area contributed by atoms with Crippen LogP contribution in [-0.4, -0.2) is 4.92 Å². The van der Waals surface area contributed by atoms with Crippen LogP contribution in [0.1, 0.15) is 18.7 Å². The van der Waals surface area contributed by atoms with Crippen molar-refractivity contribution in [3.63, 3.8) is 0 Å². The molecule has 0 fully saturated rings. The number of anilines is 1. The number of non-ortho nitro benzene ring substituents is 1. The van der Waals surface area contributed by atoms with Crippen LogP contribution in [0.15, 0.2) is 41.0 Å². The number of hydrogen-bond donors (Lipinski definition) is 1. The van der Waals surface area contributed by atoms with Gasteiger partial charge in [-0.05, 0) is 25.1 Å². The highest BCUT2D eigenvalue weighted by molar-refractivity contribution is 6.33. The molecule has 1 heterocycles. The maximum Gasteiger partial charge on any atom is 0.271 e. The van der Waals surface area contributed by atoms with Crippen LogP contribution in [0.3, 0.4) is 0 Å². The van der Waals surface area contributed by atoms with Crippen molar-refractivity contribution >= 4 is 23.0 Å². The number of rotatable bonds is 4. The molecular formula is C12H11ClN2O3. The van der Waals surface area contributed by atoms with Gasteiger partial charge in [-0.1, -0.05) is 11.6 Å². The summed E-state index contributed by atoms with van der Waals surface area (Å²) in [6.07, 6.45) is 1.59. The molecule has 2 aromatic rings. The molecule has 2 rings (SSSR count). The first-order valence-corrected chi connectivity index (χ1v) is 5.69. The van der Waals surface area contributed by atoms with Crippen molar-refractivity contribution in [2.75, 3.05) is 5.32 Å². The average molecular weight is 267 g/mol. The van der Waals surface area contributed by atoms with Gasteiger partial charge in [0.05, 0.1) is 27.9 Å². The Bertz CT molecular complexity index is 554. The van der Waals surface area contributed by atoms with Crippen LogP contribution in [0, 0.1) is 10.1 Å². The van der Waals surface area contributed by atoms with E-state index in [1.165, 1.54) is 12.1 Å². The maximum atomic E-state index is 10.6. The molecule has 0 spiro atoms. The molecule has 0 radical (unpaired) electrons. The Morgan fingerprint density at radius 1 is 1.44 bits per heavy atom. The lowest BCUT2D eigenvalue weighted by atomic mass is 10.2. The van der Waals surface area contributed by atoms with Crippen molar-refractivity contribution in [2.24, 2.45) is 0 Å². The van der Waals surface area contributed by atoms with Crippen LogP contribution >= 0.6 is 11.6 Å². The van der Waals surface area contributed by atoms with Crippen LogP contribution < -0.4 is 5.32 Å². The van der Waals surface area contributed by atoms with Gasteiger partial charge in [0.15, 0.2) is 0 Å². The summed E-state index contributed by atoms with van der Waals surface area (Å²) < 4.78 is 5.26. The van der Waals surface area contributed by atoms with Crippen LogP contribution in [0.5, 0.6) is 0 Å². The van der Waals surface area contributed by atoms with Crippen LogP contribution in [-0.2, 0) is 0 Å². The van der Waals surface area contributed by atoms with E-state index in [2.05, 4.69) is 5.32 Å². The molecule has 0 unspecified atom stereocenters.